The van der Waals surface area contributed by atoms with Crippen molar-refractivity contribution < 1.29 is 9.90 Å². The molecule has 3 heteroatoms. The molecule has 0 aliphatic rings. The number of carbonyl (C=O) groups excluding carboxylic acids is 1. The van der Waals surface area contributed by atoms with E-state index in [4.69, 9.17) is 0 Å². The number of aliphatic hydroxyl groups is 1. The molecule has 0 saturated heterocycles. The molecule has 3 nitrogen and oxygen atoms in total. The van der Waals surface area contributed by atoms with Gasteiger partial charge in [0.25, 0.3) is 0 Å². The maximum Gasteiger partial charge on any atom is 0.216 e. The Morgan fingerprint density at radius 2 is 1.60 bits per heavy atom. The summed E-state index contributed by atoms with van der Waals surface area (Å²) in [6.07, 6.45) is 0.456. The van der Waals surface area contributed by atoms with Crippen LogP contribution in [0.15, 0.2) is 60.7 Å². The van der Waals surface area contributed by atoms with E-state index < -0.39 is 5.60 Å². The smallest absolute Gasteiger partial charge is 0.216 e. The van der Waals surface area contributed by atoms with Gasteiger partial charge < -0.3 is 10.4 Å². The third-order valence-electron chi connectivity index (χ3n) is 3.28. The Bertz CT molecular complexity index is 554. The molecule has 2 N–H and O–H groups in total. The highest BCUT2D eigenvalue weighted by Crippen LogP contribution is 2.25. The first kappa shape index (κ1) is 14.3. The number of nitrogens with one attached hydrogen (secondary N) is 1. The molecule has 1 atom stereocenters. The fourth-order valence-corrected chi connectivity index (χ4v) is 2.22. The minimum absolute atomic E-state index is 0.146. The number of benzene rings is 2. The van der Waals surface area contributed by atoms with Crippen molar-refractivity contribution >= 4 is 5.91 Å². The van der Waals surface area contributed by atoms with Crippen LogP contribution in [0.1, 0.15) is 18.1 Å². The topological polar surface area (TPSA) is 49.3 Å². The van der Waals surface area contributed by atoms with E-state index in [1.165, 1.54) is 6.92 Å². The number of carbonyl (C=O) groups is 1. The Hall–Kier alpha value is -2.13. The molecule has 0 heterocycles. The predicted octanol–water partition coefficient (Wildman–Crippen LogP) is 2.25. The highest BCUT2D eigenvalue weighted by Gasteiger charge is 2.29. The van der Waals surface area contributed by atoms with Crippen molar-refractivity contribution in [3.05, 3.63) is 71.8 Å². The Morgan fingerprint density at radius 1 is 1.05 bits per heavy atom. The second-order valence-corrected chi connectivity index (χ2v) is 4.97. The normalized spacial score (nSPS) is 13.5. The molecular formula is C17H19NO2. The lowest BCUT2D eigenvalue weighted by atomic mass is 9.87. The third-order valence-corrected chi connectivity index (χ3v) is 3.28. The molecular weight excluding hydrogens is 250 g/mol. The Morgan fingerprint density at radius 3 is 2.15 bits per heavy atom. The van der Waals surface area contributed by atoms with Crippen LogP contribution in [0.25, 0.3) is 0 Å². The van der Waals surface area contributed by atoms with E-state index in [-0.39, 0.29) is 12.5 Å². The van der Waals surface area contributed by atoms with Crippen molar-refractivity contribution in [2.45, 2.75) is 18.9 Å². The van der Waals surface area contributed by atoms with Crippen LogP contribution in [0.2, 0.25) is 0 Å². The average Bonchev–Trinajstić information content (AvgIpc) is 2.47. The highest BCUT2D eigenvalue weighted by molar-refractivity contribution is 5.72. The van der Waals surface area contributed by atoms with Crippen molar-refractivity contribution in [2.24, 2.45) is 0 Å². The zero-order chi connectivity index (χ0) is 14.4. The van der Waals surface area contributed by atoms with Crippen LogP contribution in [-0.2, 0) is 16.8 Å². The quantitative estimate of drug-likeness (QED) is 0.874. The first-order chi connectivity index (χ1) is 9.60. The first-order valence-corrected chi connectivity index (χ1v) is 6.66. The van der Waals surface area contributed by atoms with E-state index >= 15 is 0 Å². The molecule has 1 amide bonds. The lowest BCUT2D eigenvalue weighted by Gasteiger charge is -2.29. The van der Waals surface area contributed by atoms with Gasteiger partial charge in [0.2, 0.25) is 5.91 Å². The molecule has 0 aromatic heterocycles. The van der Waals surface area contributed by atoms with E-state index in [1.807, 2.05) is 60.7 Å². The summed E-state index contributed by atoms with van der Waals surface area (Å²) in [6, 6.07) is 19.2. The molecule has 2 aromatic rings. The molecule has 2 rings (SSSR count). The average molecular weight is 269 g/mol. The fourth-order valence-electron chi connectivity index (χ4n) is 2.22. The van der Waals surface area contributed by atoms with Crippen LogP contribution in [0.5, 0.6) is 0 Å². The summed E-state index contributed by atoms with van der Waals surface area (Å²) >= 11 is 0. The number of rotatable bonds is 5. The van der Waals surface area contributed by atoms with E-state index in [0.717, 1.165) is 11.1 Å². The first-order valence-electron chi connectivity index (χ1n) is 6.66. The lowest BCUT2D eigenvalue weighted by molar-refractivity contribution is -0.120. The maximum atomic E-state index is 11.2. The standard InChI is InChI=1S/C17H19NO2/c1-14(19)18-13-17(20,16-10-6-3-7-11-16)12-15-8-4-2-5-9-15/h2-11,20H,12-13H2,1H3,(H,18,19)/t17-/m1/s1. The SMILES string of the molecule is CC(=O)NC[C@](O)(Cc1ccccc1)c1ccccc1. The summed E-state index contributed by atoms with van der Waals surface area (Å²) in [5, 5.41) is 13.7. The summed E-state index contributed by atoms with van der Waals surface area (Å²) < 4.78 is 0. The van der Waals surface area contributed by atoms with E-state index in [9.17, 15) is 9.90 Å². The van der Waals surface area contributed by atoms with Gasteiger partial charge in [-0.3, -0.25) is 4.79 Å². The highest BCUT2D eigenvalue weighted by atomic mass is 16.3. The Labute approximate surface area is 119 Å². The van der Waals surface area contributed by atoms with Crippen molar-refractivity contribution in [3.8, 4) is 0 Å². The zero-order valence-corrected chi connectivity index (χ0v) is 11.5. The van der Waals surface area contributed by atoms with Gasteiger partial charge in [0.05, 0.1) is 6.54 Å². The number of hydrogen-bond acceptors (Lipinski definition) is 2. The van der Waals surface area contributed by atoms with Gasteiger partial charge in [0.15, 0.2) is 0 Å². The second kappa shape index (κ2) is 6.35. The zero-order valence-electron chi connectivity index (χ0n) is 11.5. The van der Waals surface area contributed by atoms with Crippen molar-refractivity contribution in [1.82, 2.24) is 5.32 Å². The molecule has 104 valence electrons. The van der Waals surface area contributed by atoms with Crippen LogP contribution in [0.4, 0.5) is 0 Å². The second-order valence-electron chi connectivity index (χ2n) is 4.97. The molecule has 0 unspecified atom stereocenters. The largest absolute Gasteiger partial charge is 0.383 e. The molecule has 0 aliphatic carbocycles. The Kier molecular flexibility index (Phi) is 4.53. The maximum absolute atomic E-state index is 11.2. The van der Waals surface area contributed by atoms with Gasteiger partial charge >= 0.3 is 0 Å². The van der Waals surface area contributed by atoms with Crippen molar-refractivity contribution in [1.29, 1.82) is 0 Å². The molecule has 0 radical (unpaired) electrons. The predicted molar refractivity (Wildman–Crippen MR) is 79.2 cm³/mol. The molecule has 0 aliphatic heterocycles. The molecule has 0 saturated carbocycles. The summed E-state index contributed by atoms with van der Waals surface area (Å²) in [4.78, 5) is 11.2. The Balaban J connectivity index is 2.26. The minimum Gasteiger partial charge on any atom is -0.383 e. The number of amides is 1. The summed E-state index contributed by atoms with van der Waals surface area (Å²) in [6.45, 7) is 1.65. The van der Waals surface area contributed by atoms with Gasteiger partial charge in [-0.15, -0.1) is 0 Å². The monoisotopic (exact) mass is 269 g/mol. The van der Waals surface area contributed by atoms with Gasteiger partial charge in [-0.1, -0.05) is 60.7 Å². The van der Waals surface area contributed by atoms with Gasteiger partial charge in [0.1, 0.15) is 5.60 Å². The molecule has 0 spiro atoms. The van der Waals surface area contributed by atoms with Crippen LogP contribution < -0.4 is 5.32 Å². The summed E-state index contributed by atoms with van der Waals surface area (Å²) in [5.41, 5.74) is 0.732. The molecule has 20 heavy (non-hydrogen) atoms. The van der Waals surface area contributed by atoms with Crippen LogP contribution in [0, 0.1) is 0 Å². The lowest BCUT2D eigenvalue weighted by Crippen LogP contribution is -2.41. The van der Waals surface area contributed by atoms with Crippen molar-refractivity contribution in [3.63, 3.8) is 0 Å². The van der Waals surface area contributed by atoms with E-state index in [2.05, 4.69) is 5.32 Å². The third kappa shape index (κ3) is 3.68. The van der Waals surface area contributed by atoms with Crippen LogP contribution in [0.3, 0.4) is 0 Å². The summed E-state index contributed by atoms with van der Waals surface area (Å²) in [7, 11) is 0. The van der Waals surface area contributed by atoms with Crippen LogP contribution >= 0.6 is 0 Å². The van der Waals surface area contributed by atoms with Gasteiger partial charge in [-0.2, -0.15) is 0 Å². The van der Waals surface area contributed by atoms with Gasteiger partial charge in [-0.25, -0.2) is 0 Å². The van der Waals surface area contributed by atoms with Crippen molar-refractivity contribution in [2.75, 3.05) is 6.54 Å². The van der Waals surface area contributed by atoms with Crippen LogP contribution in [-0.4, -0.2) is 17.6 Å². The van der Waals surface area contributed by atoms with E-state index in [0.29, 0.717) is 6.42 Å². The summed E-state index contributed by atoms with van der Waals surface area (Å²) in [5.74, 6) is -0.146. The van der Waals surface area contributed by atoms with Gasteiger partial charge in [0, 0.05) is 13.3 Å². The number of hydrogen-bond donors (Lipinski definition) is 2. The molecule has 0 bridgehead atoms. The molecule has 0 fully saturated rings. The molecule has 2 aromatic carbocycles. The fraction of sp³-hybridized carbons (Fsp3) is 0.235. The van der Waals surface area contributed by atoms with E-state index in [1.54, 1.807) is 0 Å². The van der Waals surface area contributed by atoms with Gasteiger partial charge in [-0.05, 0) is 11.1 Å². The minimum atomic E-state index is -1.10.